The minimum atomic E-state index is 0.903. The largest absolute Gasteiger partial charge is 0.361 e. The van der Waals surface area contributed by atoms with Crippen LogP contribution in [0.2, 0.25) is 0 Å². The Bertz CT molecular complexity index is 1260. The SMILES string of the molecule is C1=C(c2ccc3[nH]ccc3c2)c2cc(-c3ccc(CN4CCNCC4)cc3)cnc2C1. The Morgan fingerprint density at radius 1 is 0.871 bits per heavy atom. The smallest absolute Gasteiger partial charge is 0.0520 e. The maximum absolute atomic E-state index is 4.81. The first-order valence-corrected chi connectivity index (χ1v) is 11.1. The van der Waals surface area contributed by atoms with E-state index >= 15 is 0 Å². The van der Waals surface area contributed by atoms with Crippen LogP contribution in [0, 0.1) is 0 Å². The maximum atomic E-state index is 4.81. The number of aromatic amines is 1. The van der Waals surface area contributed by atoms with Crippen molar-refractivity contribution in [2.75, 3.05) is 26.2 Å². The summed E-state index contributed by atoms with van der Waals surface area (Å²) in [6.07, 6.45) is 7.23. The van der Waals surface area contributed by atoms with E-state index < -0.39 is 0 Å². The molecule has 0 spiro atoms. The molecule has 3 heterocycles. The van der Waals surface area contributed by atoms with Crippen molar-refractivity contribution >= 4 is 16.5 Å². The molecule has 2 aromatic heterocycles. The minimum absolute atomic E-state index is 0.903. The summed E-state index contributed by atoms with van der Waals surface area (Å²) in [5.74, 6) is 0. The fraction of sp³-hybridized carbons (Fsp3) is 0.222. The van der Waals surface area contributed by atoms with Gasteiger partial charge in [0.1, 0.15) is 0 Å². The molecule has 2 aromatic carbocycles. The molecule has 0 amide bonds. The molecule has 0 radical (unpaired) electrons. The molecular weight excluding hydrogens is 380 g/mol. The number of nitrogens with one attached hydrogen (secondary N) is 2. The summed E-state index contributed by atoms with van der Waals surface area (Å²) < 4.78 is 0. The predicted octanol–water partition coefficient (Wildman–Crippen LogP) is 4.62. The highest BCUT2D eigenvalue weighted by Crippen LogP contribution is 2.35. The van der Waals surface area contributed by atoms with Crippen LogP contribution in [0.5, 0.6) is 0 Å². The number of hydrogen-bond donors (Lipinski definition) is 2. The third-order valence-electron chi connectivity index (χ3n) is 6.53. The van der Waals surface area contributed by atoms with E-state index in [1.54, 1.807) is 0 Å². The molecule has 1 fully saturated rings. The molecule has 1 aliphatic carbocycles. The Morgan fingerprint density at radius 3 is 2.58 bits per heavy atom. The lowest BCUT2D eigenvalue weighted by atomic mass is 9.97. The second-order valence-corrected chi connectivity index (χ2v) is 8.54. The molecule has 4 aromatic rings. The number of allylic oxidation sites excluding steroid dienone is 1. The number of benzene rings is 2. The van der Waals surface area contributed by atoms with Crippen LogP contribution in [0.3, 0.4) is 0 Å². The van der Waals surface area contributed by atoms with Crippen LogP contribution >= 0.6 is 0 Å². The number of rotatable bonds is 4. The highest BCUT2D eigenvalue weighted by molar-refractivity contribution is 5.90. The summed E-state index contributed by atoms with van der Waals surface area (Å²) in [6.45, 7) is 5.46. The summed E-state index contributed by atoms with van der Waals surface area (Å²) in [6, 6.07) is 20.1. The highest BCUT2D eigenvalue weighted by atomic mass is 15.2. The molecule has 2 N–H and O–H groups in total. The van der Waals surface area contributed by atoms with E-state index in [0.29, 0.717) is 0 Å². The van der Waals surface area contributed by atoms with Gasteiger partial charge in [-0.3, -0.25) is 9.88 Å². The van der Waals surface area contributed by atoms with Crippen LogP contribution in [0.15, 0.2) is 73.1 Å². The normalized spacial score (nSPS) is 16.5. The van der Waals surface area contributed by atoms with Gasteiger partial charge in [0.05, 0.1) is 5.69 Å². The number of hydrogen-bond acceptors (Lipinski definition) is 3. The zero-order valence-electron chi connectivity index (χ0n) is 17.6. The Hall–Kier alpha value is -3.21. The maximum Gasteiger partial charge on any atom is 0.0520 e. The van der Waals surface area contributed by atoms with Gasteiger partial charge in [-0.2, -0.15) is 0 Å². The number of aromatic nitrogens is 2. The Kier molecular flexibility index (Phi) is 4.67. The van der Waals surface area contributed by atoms with Gasteiger partial charge in [-0.1, -0.05) is 36.4 Å². The summed E-state index contributed by atoms with van der Waals surface area (Å²) in [4.78, 5) is 10.6. The van der Waals surface area contributed by atoms with E-state index in [9.17, 15) is 0 Å². The molecule has 0 atom stereocenters. The second kappa shape index (κ2) is 7.80. The monoisotopic (exact) mass is 406 g/mol. The van der Waals surface area contributed by atoms with Crippen LogP contribution in [0.1, 0.15) is 22.4 Å². The average Bonchev–Trinajstić information content (AvgIpc) is 3.46. The molecular formula is C27H26N4. The van der Waals surface area contributed by atoms with Crippen molar-refractivity contribution in [3.05, 3.63) is 95.5 Å². The van der Waals surface area contributed by atoms with Gasteiger partial charge in [-0.05, 0) is 51.9 Å². The lowest BCUT2D eigenvalue weighted by molar-refractivity contribution is 0.233. The van der Waals surface area contributed by atoms with Gasteiger partial charge < -0.3 is 10.3 Å². The standard InChI is InChI=1S/C27H26N4/c1-3-20(4-2-19(1)18-31-13-11-28-12-14-31)23-16-25-24(6-8-27(25)30-17-23)21-5-7-26-22(15-21)9-10-29-26/h1-7,9-10,15-17,28-29H,8,11-14,18H2. The molecule has 1 saturated heterocycles. The first-order valence-electron chi connectivity index (χ1n) is 11.1. The highest BCUT2D eigenvalue weighted by Gasteiger charge is 2.18. The first-order chi connectivity index (χ1) is 15.3. The van der Waals surface area contributed by atoms with Crippen LogP contribution in [0.25, 0.3) is 27.6 Å². The zero-order chi connectivity index (χ0) is 20.6. The summed E-state index contributed by atoms with van der Waals surface area (Å²) in [5.41, 5.74) is 9.95. The summed E-state index contributed by atoms with van der Waals surface area (Å²) >= 11 is 0. The molecule has 6 rings (SSSR count). The minimum Gasteiger partial charge on any atom is -0.361 e. The lowest BCUT2D eigenvalue weighted by Crippen LogP contribution is -2.42. The average molecular weight is 407 g/mol. The van der Waals surface area contributed by atoms with Crippen LogP contribution < -0.4 is 5.32 Å². The molecule has 154 valence electrons. The van der Waals surface area contributed by atoms with Crippen molar-refractivity contribution in [2.24, 2.45) is 0 Å². The van der Waals surface area contributed by atoms with Crippen LogP contribution in [-0.2, 0) is 13.0 Å². The number of pyridine rings is 1. The fourth-order valence-electron chi connectivity index (χ4n) is 4.78. The predicted molar refractivity (Wildman–Crippen MR) is 127 cm³/mol. The van der Waals surface area contributed by atoms with Gasteiger partial charge in [0, 0.05) is 68.2 Å². The van der Waals surface area contributed by atoms with Crippen molar-refractivity contribution in [2.45, 2.75) is 13.0 Å². The van der Waals surface area contributed by atoms with Crippen molar-refractivity contribution in [1.82, 2.24) is 20.2 Å². The first kappa shape index (κ1) is 18.6. The molecule has 0 saturated carbocycles. The molecule has 0 bridgehead atoms. The summed E-state index contributed by atoms with van der Waals surface area (Å²) in [5, 5.41) is 4.67. The Labute approximate surface area is 182 Å². The van der Waals surface area contributed by atoms with E-state index in [1.807, 2.05) is 12.4 Å². The lowest BCUT2D eigenvalue weighted by Gasteiger charge is -2.27. The topological polar surface area (TPSA) is 44.0 Å². The third kappa shape index (κ3) is 3.58. The second-order valence-electron chi connectivity index (χ2n) is 8.54. The fourth-order valence-corrected chi connectivity index (χ4v) is 4.78. The van der Waals surface area contributed by atoms with Gasteiger partial charge >= 0.3 is 0 Å². The number of piperazine rings is 1. The van der Waals surface area contributed by atoms with E-state index in [2.05, 4.69) is 75.9 Å². The van der Waals surface area contributed by atoms with E-state index in [4.69, 9.17) is 4.98 Å². The van der Waals surface area contributed by atoms with Gasteiger partial charge in [-0.25, -0.2) is 0 Å². The van der Waals surface area contributed by atoms with Gasteiger partial charge in [0.2, 0.25) is 0 Å². The van der Waals surface area contributed by atoms with Crippen molar-refractivity contribution in [3.8, 4) is 11.1 Å². The third-order valence-corrected chi connectivity index (χ3v) is 6.53. The van der Waals surface area contributed by atoms with E-state index in [0.717, 1.165) is 39.1 Å². The molecule has 4 nitrogen and oxygen atoms in total. The quantitative estimate of drug-likeness (QED) is 0.520. The summed E-state index contributed by atoms with van der Waals surface area (Å²) in [7, 11) is 0. The van der Waals surface area contributed by atoms with Gasteiger partial charge in [0.25, 0.3) is 0 Å². The molecule has 1 aliphatic heterocycles. The van der Waals surface area contributed by atoms with Gasteiger partial charge in [-0.15, -0.1) is 0 Å². The van der Waals surface area contributed by atoms with Crippen molar-refractivity contribution in [3.63, 3.8) is 0 Å². The van der Waals surface area contributed by atoms with Crippen LogP contribution in [0.4, 0.5) is 0 Å². The Balaban J connectivity index is 1.27. The van der Waals surface area contributed by atoms with E-state index in [1.165, 1.54) is 50.0 Å². The number of fused-ring (bicyclic) bond motifs is 2. The molecule has 2 aliphatic rings. The number of H-pyrrole nitrogens is 1. The Morgan fingerprint density at radius 2 is 1.71 bits per heavy atom. The van der Waals surface area contributed by atoms with E-state index in [-0.39, 0.29) is 0 Å². The molecule has 0 unspecified atom stereocenters. The number of nitrogens with zero attached hydrogens (tertiary/aromatic N) is 2. The van der Waals surface area contributed by atoms with Gasteiger partial charge in [0.15, 0.2) is 0 Å². The van der Waals surface area contributed by atoms with Crippen molar-refractivity contribution < 1.29 is 0 Å². The molecule has 31 heavy (non-hydrogen) atoms. The van der Waals surface area contributed by atoms with Crippen molar-refractivity contribution in [1.29, 1.82) is 0 Å². The zero-order valence-corrected chi connectivity index (χ0v) is 17.6. The van der Waals surface area contributed by atoms with Crippen LogP contribution in [-0.4, -0.2) is 41.0 Å². The molecule has 4 heteroatoms.